The molecule has 0 unspecified atom stereocenters. The van der Waals surface area contributed by atoms with Crippen LogP contribution in [0.5, 0.6) is 11.5 Å². The fourth-order valence-electron chi connectivity index (χ4n) is 1.47. The molecule has 0 aliphatic rings. The van der Waals surface area contributed by atoms with Crippen LogP contribution in [0.1, 0.15) is 26.3 Å². The Hall–Kier alpha value is -1.78. The minimum absolute atomic E-state index is 0.255. The van der Waals surface area contributed by atoms with Gasteiger partial charge in [-0.05, 0) is 5.41 Å². The largest absolute Gasteiger partial charge is 0.507 e. The maximum Gasteiger partial charge on any atom is 0.276 e. The minimum atomic E-state index is -0.661. The average molecular weight is 211 g/mol. The zero-order chi connectivity index (χ0) is 11.8. The molecule has 0 fully saturated rings. The molecule has 0 heterocycles. The number of aromatic hydroxyl groups is 2. The number of phenolic OH excluding ortho intramolecular Hbond substituents is 2. The Morgan fingerprint density at radius 3 is 1.87 bits per heavy atom. The van der Waals surface area contributed by atoms with Crippen molar-refractivity contribution in [1.29, 1.82) is 0 Å². The molecule has 2 N–H and O–H groups in total. The van der Waals surface area contributed by atoms with Crippen molar-refractivity contribution >= 4 is 5.69 Å². The van der Waals surface area contributed by atoms with Gasteiger partial charge in [0.05, 0.1) is 17.1 Å². The first-order chi connectivity index (χ1) is 6.73. The summed E-state index contributed by atoms with van der Waals surface area (Å²) in [4.78, 5) is 9.79. The molecule has 5 nitrogen and oxygen atoms in total. The van der Waals surface area contributed by atoms with Crippen molar-refractivity contribution in [2.75, 3.05) is 0 Å². The van der Waals surface area contributed by atoms with Gasteiger partial charge in [-0.1, -0.05) is 20.8 Å². The van der Waals surface area contributed by atoms with Crippen LogP contribution in [0.25, 0.3) is 0 Å². The Labute approximate surface area is 87.1 Å². The van der Waals surface area contributed by atoms with Crippen molar-refractivity contribution in [1.82, 2.24) is 0 Å². The highest BCUT2D eigenvalue weighted by Crippen LogP contribution is 2.40. The Kier molecular flexibility index (Phi) is 2.57. The highest BCUT2D eigenvalue weighted by atomic mass is 16.6. The van der Waals surface area contributed by atoms with Crippen molar-refractivity contribution in [3.63, 3.8) is 0 Å². The first kappa shape index (κ1) is 11.3. The lowest BCUT2D eigenvalue weighted by Crippen LogP contribution is -2.11. The van der Waals surface area contributed by atoms with Crippen molar-refractivity contribution in [3.8, 4) is 11.5 Å². The molecule has 1 rings (SSSR count). The summed E-state index contributed by atoms with van der Waals surface area (Å²) in [6.07, 6.45) is 0. The third-order valence-electron chi connectivity index (χ3n) is 2.04. The first-order valence-corrected chi connectivity index (χ1v) is 4.44. The van der Waals surface area contributed by atoms with Crippen molar-refractivity contribution in [2.45, 2.75) is 26.2 Å². The second-order valence-electron chi connectivity index (χ2n) is 4.37. The fourth-order valence-corrected chi connectivity index (χ4v) is 1.47. The number of hydrogen-bond acceptors (Lipinski definition) is 4. The second kappa shape index (κ2) is 3.42. The Morgan fingerprint density at radius 1 is 1.20 bits per heavy atom. The first-order valence-electron chi connectivity index (χ1n) is 4.44. The molecule has 0 atom stereocenters. The van der Waals surface area contributed by atoms with Gasteiger partial charge in [0.25, 0.3) is 5.69 Å². The third kappa shape index (κ3) is 2.18. The molecule has 15 heavy (non-hydrogen) atoms. The number of nitro groups is 1. The molecule has 1 aromatic rings. The lowest BCUT2D eigenvalue weighted by Gasteiger charge is -2.21. The van der Waals surface area contributed by atoms with Gasteiger partial charge in [-0.2, -0.15) is 0 Å². The molecular formula is C10H13NO4. The molecule has 0 aliphatic heterocycles. The molecule has 5 heteroatoms. The molecule has 0 bridgehead atoms. The maximum absolute atomic E-state index is 10.4. The molecule has 0 saturated carbocycles. The topological polar surface area (TPSA) is 83.6 Å². The van der Waals surface area contributed by atoms with Gasteiger partial charge in [0.1, 0.15) is 11.5 Å². The smallest absolute Gasteiger partial charge is 0.276 e. The summed E-state index contributed by atoms with van der Waals surface area (Å²) in [5.41, 5.74) is -0.477. The summed E-state index contributed by atoms with van der Waals surface area (Å²) >= 11 is 0. The molecule has 1 aromatic carbocycles. The predicted molar refractivity (Wildman–Crippen MR) is 55.1 cm³/mol. The normalized spacial score (nSPS) is 11.4. The highest BCUT2D eigenvalue weighted by Gasteiger charge is 2.25. The molecule has 0 aliphatic carbocycles. The molecule has 0 saturated heterocycles. The summed E-state index contributed by atoms with van der Waals surface area (Å²) in [7, 11) is 0. The van der Waals surface area contributed by atoms with Crippen molar-refractivity contribution in [3.05, 3.63) is 27.8 Å². The molecule has 0 amide bonds. The zero-order valence-corrected chi connectivity index (χ0v) is 8.81. The van der Waals surface area contributed by atoms with Crippen LogP contribution in [0.4, 0.5) is 5.69 Å². The minimum Gasteiger partial charge on any atom is -0.507 e. The molecule has 82 valence electrons. The molecular weight excluding hydrogens is 198 g/mol. The second-order valence-corrected chi connectivity index (χ2v) is 4.37. The van der Waals surface area contributed by atoms with E-state index in [9.17, 15) is 20.3 Å². The zero-order valence-electron chi connectivity index (χ0n) is 8.81. The van der Waals surface area contributed by atoms with Crippen LogP contribution in [0.15, 0.2) is 12.1 Å². The van der Waals surface area contributed by atoms with Crippen LogP contribution in [-0.2, 0) is 5.41 Å². The molecule has 0 aromatic heterocycles. The van der Waals surface area contributed by atoms with Crippen LogP contribution in [-0.4, -0.2) is 15.1 Å². The summed E-state index contributed by atoms with van der Waals surface area (Å²) in [5.74, 6) is -0.511. The van der Waals surface area contributed by atoms with Gasteiger partial charge in [-0.15, -0.1) is 0 Å². The summed E-state index contributed by atoms with van der Waals surface area (Å²) in [6.45, 7) is 5.40. The van der Waals surface area contributed by atoms with Crippen LogP contribution >= 0.6 is 0 Å². The summed E-state index contributed by atoms with van der Waals surface area (Å²) < 4.78 is 0. The molecule has 0 radical (unpaired) electrons. The number of hydrogen-bond donors (Lipinski definition) is 2. The van der Waals surface area contributed by atoms with E-state index in [0.717, 1.165) is 12.1 Å². The predicted octanol–water partition coefficient (Wildman–Crippen LogP) is 2.30. The van der Waals surface area contributed by atoms with E-state index >= 15 is 0 Å². The van der Waals surface area contributed by atoms with Gasteiger partial charge >= 0.3 is 0 Å². The standard InChI is InChI=1S/C10H13NO4/c1-10(2,3)9-7(12)4-6(11(14)15)5-8(9)13/h4-5,12-13H,1-3H3. The van der Waals surface area contributed by atoms with Gasteiger partial charge in [0.2, 0.25) is 0 Å². The monoisotopic (exact) mass is 211 g/mol. The number of rotatable bonds is 1. The number of non-ortho nitro benzene ring substituents is 1. The van der Waals surface area contributed by atoms with E-state index in [1.807, 2.05) is 0 Å². The Morgan fingerprint density at radius 2 is 1.60 bits per heavy atom. The van der Waals surface area contributed by atoms with Crippen LogP contribution < -0.4 is 0 Å². The fraction of sp³-hybridized carbons (Fsp3) is 0.400. The van der Waals surface area contributed by atoms with Gasteiger partial charge in [-0.25, -0.2) is 0 Å². The maximum atomic E-state index is 10.4. The lowest BCUT2D eigenvalue weighted by atomic mass is 9.85. The van der Waals surface area contributed by atoms with Gasteiger partial charge in [0.15, 0.2) is 0 Å². The van der Waals surface area contributed by atoms with E-state index in [1.165, 1.54) is 0 Å². The van der Waals surface area contributed by atoms with Crippen LogP contribution in [0, 0.1) is 10.1 Å². The van der Waals surface area contributed by atoms with E-state index in [-0.39, 0.29) is 17.2 Å². The number of phenols is 2. The van der Waals surface area contributed by atoms with E-state index in [0.29, 0.717) is 5.56 Å². The van der Waals surface area contributed by atoms with E-state index < -0.39 is 10.3 Å². The van der Waals surface area contributed by atoms with Gasteiger partial charge < -0.3 is 10.2 Å². The van der Waals surface area contributed by atoms with Gasteiger partial charge in [-0.3, -0.25) is 10.1 Å². The highest BCUT2D eigenvalue weighted by molar-refractivity contribution is 5.54. The van der Waals surface area contributed by atoms with E-state index in [4.69, 9.17) is 0 Å². The SMILES string of the molecule is CC(C)(C)c1c(O)cc([N+](=O)[O-])cc1O. The Balaban J connectivity index is 3.41. The average Bonchev–Trinajstić information content (AvgIpc) is 1.99. The third-order valence-corrected chi connectivity index (χ3v) is 2.04. The Bertz CT molecular complexity index is 383. The van der Waals surface area contributed by atoms with E-state index in [1.54, 1.807) is 20.8 Å². The number of nitro benzene ring substituents is 1. The van der Waals surface area contributed by atoms with E-state index in [2.05, 4.69) is 0 Å². The number of nitrogens with zero attached hydrogens (tertiary/aromatic N) is 1. The van der Waals surface area contributed by atoms with Crippen molar-refractivity contribution in [2.24, 2.45) is 0 Å². The molecule has 0 spiro atoms. The summed E-state index contributed by atoms with van der Waals surface area (Å²) in [5, 5.41) is 29.6. The summed E-state index contributed by atoms with van der Waals surface area (Å²) in [6, 6.07) is 2.08. The van der Waals surface area contributed by atoms with Crippen LogP contribution in [0.2, 0.25) is 0 Å². The lowest BCUT2D eigenvalue weighted by molar-refractivity contribution is -0.385. The number of benzene rings is 1. The van der Waals surface area contributed by atoms with Crippen LogP contribution in [0.3, 0.4) is 0 Å². The van der Waals surface area contributed by atoms with Gasteiger partial charge in [0, 0.05) is 5.56 Å². The quantitative estimate of drug-likeness (QED) is 0.551. The van der Waals surface area contributed by atoms with Crippen molar-refractivity contribution < 1.29 is 15.1 Å².